The van der Waals surface area contributed by atoms with E-state index in [4.69, 9.17) is 0 Å². The summed E-state index contributed by atoms with van der Waals surface area (Å²) in [6, 6.07) is 5.72. The fourth-order valence-electron chi connectivity index (χ4n) is 1.11. The Morgan fingerprint density at radius 2 is 2.29 bits per heavy atom. The largest absolute Gasteiger partial charge is 0.469 e. The number of methoxy groups -OCH3 is 1. The van der Waals surface area contributed by atoms with Crippen LogP contribution in [0.3, 0.4) is 0 Å². The number of nitrogens with one attached hydrogen (secondary N) is 1. The third kappa shape index (κ3) is 2.73. The molecule has 0 amide bonds. The van der Waals surface area contributed by atoms with Gasteiger partial charge in [0.15, 0.2) is 0 Å². The highest BCUT2D eigenvalue weighted by atomic mass is 79.9. The lowest BCUT2D eigenvalue weighted by molar-refractivity contribution is -0.139. The van der Waals surface area contributed by atoms with Crippen molar-refractivity contribution in [3.05, 3.63) is 28.2 Å². The van der Waals surface area contributed by atoms with Gasteiger partial charge in [0.2, 0.25) is 0 Å². The highest BCUT2D eigenvalue weighted by Gasteiger charge is 2.04. The van der Waals surface area contributed by atoms with E-state index in [1.54, 1.807) is 0 Å². The Balaban J connectivity index is 2.81. The standard InChI is InChI=1S/C10H12BrNO2/c1-12-9-4-3-7(5-8(9)11)6-10(13)14-2/h3-5,12H,6H2,1-2H3. The first kappa shape index (κ1) is 11.0. The van der Waals surface area contributed by atoms with Gasteiger partial charge in [-0.3, -0.25) is 4.79 Å². The first-order valence-electron chi connectivity index (χ1n) is 4.20. The highest BCUT2D eigenvalue weighted by Crippen LogP contribution is 2.23. The average molecular weight is 258 g/mol. The predicted molar refractivity (Wildman–Crippen MR) is 59.4 cm³/mol. The molecule has 3 nitrogen and oxygen atoms in total. The molecule has 0 unspecified atom stereocenters. The van der Waals surface area contributed by atoms with Crippen molar-refractivity contribution in [2.75, 3.05) is 19.5 Å². The van der Waals surface area contributed by atoms with Crippen LogP contribution >= 0.6 is 15.9 Å². The Labute approximate surface area is 91.6 Å². The van der Waals surface area contributed by atoms with Crippen LogP contribution in [0.4, 0.5) is 5.69 Å². The molecule has 0 aliphatic carbocycles. The molecule has 0 saturated heterocycles. The number of carbonyl (C=O) groups is 1. The van der Waals surface area contributed by atoms with Crippen LogP contribution in [0.15, 0.2) is 22.7 Å². The average Bonchev–Trinajstić information content (AvgIpc) is 2.18. The van der Waals surface area contributed by atoms with Crippen LogP contribution in [0.2, 0.25) is 0 Å². The van der Waals surface area contributed by atoms with Crippen molar-refractivity contribution < 1.29 is 9.53 Å². The number of hydrogen-bond acceptors (Lipinski definition) is 3. The first-order chi connectivity index (χ1) is 6.67. The minimum absolute atomic E-state index is 0.228. The van der Waals surface area contributed by atoms with E-state index in [9.17, 15) is 4.79 Å². The Morgan fingerprint density at radius 3 is 2.79 bits per heavy atom. The topological polar surface area (TPSA) is 38.3 Å². The summed E-state index contributed by atoms with van der Waals surface area (Å²) in [7, 11) is 3.24. The number of carbonyl (C=O) groups excluding carboxylic acids is 1. The molecule has 0 fully saturated rings. The van der Waals surface area contributed by atoms with Crippen molar-refractivity contribution in [2.24, 2.45) is 0 Å². The fourth-order valence-corrected chi connectivity index (χ4v) is 1.73. The predicted octanol–water partition coefficient (Wildman–Crippen LogP) is 2.21. The summed E-state index contributed by atoms with van der Waals surface area (Å²) < 4.78 is 5.53. The van der Waals surface area contributed by atoms with Gasteiger partial charge in [-0.15, -0.1) is 0 Å². The lowest BCUT2D eigenvalue weighted by Gasteiger charge is -2.05. The van der Waals surface area contributed by atoms with Gasteiger partial charge in [0.05, 0.1) is 13.5 Å². The highest BCUT2D eigenvalue weighted by molar-refractivity contribution is 9.10. The Bertz CT molecular complexity index is 339. The zero-order valence-electron chi connectivity index (χ0n) is 8.13. The van der Waals surface area contributed by atoms with Crippen LogP contribution in [0.1, 0.15) is 5.56 Å². The summed E-state index contributed by atoms with van der Waals surface area (Å²) in [4.78, 5) is 11.0. The zero-order chi connectivity index (χ0) is 10.6. The van der Waals surface area contributed by atoms with E-state index in [0.29, 0.717) is 6.42 Å². The lowest BCUT2D eigenvalue weighted by atomic mass is 10.1. The van der Waals surface area contributed by atoms with Gasteiger partial charge in [-0.2, -0.15) is 0 Å². The molecular formula is C10H12BrNO2. The van der Waals surface area contributed by atoms with Crippen molar-refractivity contribution in [2.45, 2.75) is 6.42 Å². The van der Waals surface area contributed by atoms with Gasteiger partial charge in [-0.05, 0) is 33.6 Å². The van der Waals surface area contributed by atoms with Crippen LogP contribution in [0.5, 0.6) is 0 Å². The van der Waals surface area contributed by atoms with Gasteiger partial charge >= 0.3 is 5.97 Å². The number of esters is 1. The van der Waals surface area contributed by atoms with Crippen LogP contribution < -0.4 is 5.32 Å². The minimum atomic E-state index is -0.228. The maximum absolute atomic E-state index is 11.0. The molecule has 0 saturated carbocycles. The third-order valence-corrected chi connectivity index (χ3v) is 2.54. The van der Waals surface area contributed by atoms with Gasteiger partial charge in [0.25, 0.3) is 0 Å². The van der Waals surface area contributed by atoms with Crippen LogP contribution in [-0.2, 0) is 16.0 Å². The Kier molecular flexibility index (Phi) is 3.95. The molecule has 1 aromatic rings. The number of rotatable bonds is 3. The van der Waals surface area contributed by atoms with Crippen LogP contribution in [0.25, 0.3) is 0 Å². The second kappa shape index (κ2) is 5.00. The van der Waals surface area contributed by atoms with E-state index in [0.717, 1.165) is 15.7 Å². The van der Waals surface area contributed by atoms with Crippen LogP contribution in [-0.4, -0.2) is 20.1 Å². The maximum Gasteiger partial charge on any atom is 0.309 e. The normalized spacial score (nSPS) is 9.64. The van der Waals surface area contributed by atoms with Crippen molar-refractivity contribution >= 4 is 27.6 Å². The van der Waals surface area contributed by atoms with Gasteiger partial charge in [0.1, 0.15) is 0 Å². The molecule has 0 aromatic heterocycles. The number of hydrogen-bond donors (Lipinski definition) is 1. The van der Waals surface area contributed by atoms with Crippen molar-refractivity contribution in [3.8, 4) is 0 Å². The molecule has 1 rings (SSSR count). The van der Waals surface area contributed by atoms with E-state index in [2.05, 4.69) is 26.0 Å². The molecule has 0 aliphatic rings. The Hall–Kier alpha value is -1.03. The van der Waals surface area contributed by atoms with E-state index in [-0.39, 0.29) is 5.97 Å². The summed E-state index contributed by atoms with van der Waals surface area (Å²) in [5, 5.41) is 3.03. The van der Waals surface area contributed by atoms with E-state index in [1.807, 2.05) is 25.2 Å². The monoisotopic (exact) mass is 257 g/mol. The second-order valence-electron chi connectivity index (χ2n) is 2.82. The first-order valence-corrected chi connectivity index (χ1v) is 4.99. The fraction of sp³-hybridized carbons (Fsp3) is 0.300. The number of anilines is 1. The number of benzene rings is 1. The van der Waals surface area contributed by atoms with Gasteiger partial charge in [0, 0.05) is 17.2 Å². The quantitative estimate of drug-likeness (QED) is 0.845. The molecule has 0 bridgehead atoms. The molecule has 14 heavy (non-hydrogen) atoms. The molecule has 4 heteroatoms. The number of ether oxygens (including phenoxy) is 1. The Morgan fingerprint density at radius 1 is 1.57 bits per heavy atom. The molecule has 0 radical (unpaired) electrons. The second-order valence-corrected chi connectivity index (χ2v) is 3.67. The minimum Gasteiger partial charge on any atom is -0.469 e. The van der Waals surface area contributed by atoms with E-state index in [1.165, 1.54) is 7.11 Å². The van der Waals surface area contributed by atoms with Crippen molar-refractivity contribution in [1.29, 1.82) is 0 Å². The van der Waals surface area contributed by atoms with E-state index < -0.39 is 0 Å². The summed E-state index contributed by atoms with van der Waals surface area (Å²) in [6.45, 7) is 0. The molecule has 0 aliphatic heterocycles. The summed E-state index contributed by atoms with van der Waals surface area (Å²) >= 11 is 3.40. The van der Waals surface area contributed by atoms with Crippen molar-refractivity contribution in [3.63, 3.8) is 0 Å². The van der Waals surface area contributed by atoms with E-state index >= 15 is 0 Å². The molecule has 0 spiro atoms. The third-order valence-electron chi connectivity index (χ3n) is 1.88. The summed E-state index contributed by atoms with van der Waals surface area (Å²) in [6.07, 6.45) is 0.305. The van der Waals surface area contributed by atoms with Crippen LogP contribution in [0, 0.1) is 0 Å². The molecule has 0 atom stereocenters. The molecule has 1 aromatic carbocycles. The zero-order valence-corrected chi connectivity index (χ0v) is 9.72. The number of halogens is 1. The summed E-state index contributed by atoms with van der Waals surface area (Å²) in [5.41, 5.74) is 1.93. The summed E-state index contributed by atoms with van der Waals surface area (Å²) in [5.74, 6) is -0.228. The van der Waals surface area contributed by atoms with Crippen molar-refractivity contribution in [1.82, 2.24) is 0 Å². The molecule has 1 N–H and O–H groups in total. The smallest absolute Gasteiger partial charge is 0.309 e. The molecule has 76 valence electrons. The molecule has 0 heterocycles. The van der Waals surface area contributed by atoms with Gasteiger partial charge < -0.3 is 10.1 Å². The lowest BCUT2D eigenvalue weighted by Crippen LogP contribution is -2.04. The maximum atomic E-state index is 11.0. The SMILES string of the molecule is CNc1ccc(CC(=O)OC)cc1Br. The molecular weight excluding hydrogens is 246 g/mol. The van der Waals surface area contributed by atoms with Gasteiger partial charge in [-0.1, -0.05) is 6.07 Å². The van der Waals surface area contributed by atoms with Gasteiger partial charge in [-0.25, -0.2) is 0 Å².